The smallest absolute Gasteiger partial charge is 0.334 e. The van der Waals surface area contributed by atoms with Gasteiger partial charge in [0.1, 0.15) is 12.2 Å². The van der Waals surface area contributed by atoms with Crippen LogP contribution in [-0.4, -0.2) is 37.2 Å². The Hall–Kier alpha value is -1.43. The lowest BCUT2D eigenvalue weighted by atomic mass is 10.0. The molecule has 3 atom stereocenters. The van der Waals surface area contributed by atoms with E-state index in [9.17, 15) is 4.79 Å². The van der Waals surface area contributed by atoms with Gasteiger partial charge in [-0.3, -0.25) is 0 Å². The molecule has 0 N–H and O–H groups in total. The second-order valence-electron chi connectivity index (χ2n) is 5.73. The highest BCUT2D eigenvalue weighted by Crippen LogP contribution is 2.33. The molecule has 0 saturated carbocycles. The molecule has 0 aliphatic carbocycles. The van der Waals surface area contributed by atoms with E-state index in [4.69, 9.17) is 18.9 Å². The first kappa shape index (κ1) is 16.9. The fraction of sp³-hybridized carbons (Fsp3) is 0.588. The minimum Gasteiger partial charge on any atom is -0.464 e. The van der Waals surface area contributed by atoms with Gasteiger partial charge in [-0.2, -0.15) is 0 Å². The average molecular weight is 308 g/mol. The maximum absolute atomic E-state index is 11.8. The molecule has 0 amide bonds. The van der Waals surface area contributed by atoms with Gasteiger partial charge in [-0.1, -0.05) is 30.3 Å². The van der Waals surface area contributed by atoms with Crippen LogP contribution in [0, 0.1) is 0 Å². The number of hydrogen-bond donors (Lipinski definition) is 0. The van der Waals surface area contributed by atoms with Crippen LogP contribution < -0.4 is 0 Å². The normalized spacial score (nSPS) is 23.0. The Balaban J connectivity index is 2.14. The van der Waals surface area contributed by atoms with Crippen LogP contribution in [0.4, 0.5) is 0 Å². The first-order valence-electron chi connectivity index (χ1n) is 7.62. The predicted molar refractivity (Wildman–Crippen MR) is 81.3 cm³/mol. The molecule has 1 fully saturated rings. The highest BCUT2D eigenvalue weighted by atomic mass is 16.7. The van der Waals surface area contributed by atoms with Gasteiger partial charge in [0, 0.05) is 0 Å². The number of ether oxygens (including phenoxy) is 4. The van der Waals surface area contributed by atoms with Crippen LogP contribution in [0.3, 0.4) is 0 Å². The molecule has 2 rings (SSSR count). The van der Waals surface area contributed by atoms with Crippen molar-refractivity contribution in [3.63, 3.8) is 0 Å². The zero-order valence-corrected chi connectivity index (χ0v) is 13.6. The van der Waals surface area contributed by atoms with E-state index in [1.165, 1.54) is 0 Å². The standard InChI is InChI=1S/C17H24O5/c1-5-19-16(18)12(2)21-15(13-9-7-6-8-10-13)14-11-20-17(3,4)22-14/h6-10,12,14-15H,5,11H2,1-4H3/t12-,14+,15-/m0/s1. The van der Waals surface area contributed by atoms with Crippen molar-refractivity contribution < 1.29 is 23.7 Å². The van der Waals surface area contributed by atoms with Gasteiger partial charge >= 0.3 is 5.97 Å². The maximum Gasteiger partial charge on any atom is 0.334 e. The molecule has 122 valence electrons. The number of rotatable bonds is 6. The van der Waals surface area contributed by atoms with Gasteiger partial charge in [0.15, 0.2) is 11.9 Å². The summed E-state index contributed by atoms with van der Waals surface area (Å²) in [5.74, 6) is -1.02. The van der Waals surface area contributed by atoms with Crippen LogP contribution in [0.1, 0.15) is 39.4 Å². The van der Waals surface area contributed by atoms with E-state index in [-0.39, 0.29) is 18.2 Å². The number of hydrogen-bond acceptors (Lipinski definition) is 5. The fourth-order valence-electron chi connectivity index (χ4n) is 2.42. The summed E-state index contributed by atoms with van der Waals surface area (Å²) in [6.07, 6.45) is -1.32. The highest BCUT2D eigenvalue weighted by molar-refractivity contribution is 5.74. The van der Waals surface area contributed by atoms with Gasteiger partial charge in [-0.15, -0.1) is 0 Å². The van der Waals surface area contributed by atoms with E-state index in [2.05, 4.69) is 0 Å². The van der Waals surface area contributed by atoms with E-state index in [0.29, 0.717) is 13.2 Å². The van der Waals surface area contributed by atoms with Crippen molar-refractivity contribution in [1.29, 1.82) is 0 Å². The molecular weight excluding hydrogens is 284 g/mol. The monoisotopic (exact) mass is 308 g/mol. The van der Waals surface area contributed by atoms with Gasteiger partial charge in [0.2, 0.25) is 0 Å². The molecule has 1 aromatic carbocycles. The Morgan fingerprint density at radius 3 is 2.59 bits per heavy atom. The summed E-state index contributed by atoms with van der Waals surface area (Å²) in [5, 5.41) is 0. The average Bonchev–Trinajstić information content (AvgIpc) is 2.85. The van der Waals surface area contributed by atoms with Gasteiger partial charge in [0.25, 0.3) is 0 Å². The molecule has 1 aromatic rings. The summed E-state index contributed by atoms with van der Waals surface area (Å²) in [6.45, 7) is 7.94. The van der Waals surface area contributed by atoms with Crippen LogP contribution in [0.25, 0.3) is 0 Å². The van der Waals surface area contributed by atoms with Crippen LogP contribution >= 0.6 is 0 Å². The lowest BCUT2D eigenvalue weighted by Gasteiger charge is -2.27. The zero-order valence-electron chi connectivity index (χ0n) is 13.6. The third-order valence-corrected chi connectivity index (χ3v) is 3.47. The zero-order chi connectivity index (χ0) is 16.2. The molecule has 0 spiro atoms. The third kappa shape index (κ3) is 4.29. The Morgan fingerprint density at radius 1 is 1.36 bits per heavy atom. The summed E-state index contributed by atoms with van der Waals surface area (Å²) in [7, 11) is 0. The minimum atomic E-state index is -0.669. The van der Waals surface area contributed by atoms with Gasteiger partial charge in [-0.25, -0.2) is 4.79 Å². The second kappa shape index (κ2) is 7.22. The highest BCUT2D eigenvalue weighted by Gasteiger charge is 2.39. The summed E-state index contributed by atoms with van der Waals surface area (Å²) >= 11 is 0. The van der Waals surface area contributed by atoms with Crippen molar-refractivity contribution in [2.24, 2.45) is 0 Å². The lowest BCUT2D eigenvalue weighted by Crippen LogP contribution is -2.32. The molecular formula is C17H24O5. The quantitative estimate of drug-likeness (QED) is 0.756. The maximum atomic E-state index is 11.8. The third-order valence-electron chi connectivity index (χ3n) is 3.47. The summed E-state index contributed by atoms with van der Waals surface area (Å²) in [6, 6.07) is 9.71. The Labute approximate surface area is 131 Å². The molecule has 1 aliphatic rings. The molecule has 22 heavy (non-hydrogen) atoms. The molecule has 1 aliphatic heterocycles. The summed E-state index contributed by atoms with van der Waals surface area (Å²) in [4.78, 5) is 11.8. The van der Waals surface area contributed by atoms with E-state index in [1.807, 2.05) is 44.2 Å². The van der Waals surface area contributed by atoms with Crippen LogP contribution in [0.2, 0.25) is 0 Å². The Morgan fingerprint density at radius 2 is 2.05 bits per heavy atom. The van der Waals surface area contributed by atoms with E-state index in [0.717, 1.165) is 5.56 Å². The predicted octanol–water partition coefficient (Wildman–Crippen LogP) is 2.85. The van der Waals surface area contributed by atoms with Crippen molar-refractivity contribution in [2.75, 3.05) is 13.2 Å². The largest absolute Gasteiger partial charge is 0.464 e. The molecule has 5 nitrogen and oxygen atoms in total. The van der Waals surface area contributed by atoms with E-state index < -0.39 is 11.9 Å². The second-order valence-corrected chi connectivity index (χ2v) is 5.73. The van der Waals surface area contributed by atoms with Gasteiger partial charge in [-0.05, 0) is 33.3 Å². The van der Waals surface area contributed by atoms with Gasteiger partial charge in [0.05, 0.1) is 13.2 Å². The van der Waals surface area contributed by atoms with Crippen molar-refractivity contribution in [1.82, 2.24) is 0 Å². The molecule has 0 unspecified atom stereocenters. The van der Waals surface area contributed by atoms with Crippen molar-refractivity contribution in [2.45, 2.75) is 51.8 Å². The van der Waals surface area contributed by atoms with Crippen LogP contribution in [-0.2, 0) is 23.7 Å². The molecule has 5 heteroatoms. The minimum absolute atomic E-state index is 0.269. The Bertz CT molecular complexity index is 485. The van der Waals surface area contributed by atoms with E-state index >= 15 is 0 Å². The first-order chi connectivity index (χ1) is 10.4. The fourth-order valence-corrected chi connectivity index (χ4v) is 2.42. The molecule has 0 aromatic heterocycles. The molecule has 0 bridgehead atoms. The number of carbonyl (C=O) groups is 1. The lowest BCUT2D eigenvalue weighted by molar-refractivity contribution is -0.176. The summed E-state index contributed by atoms with van der Waals surface area (Å²) < 4.78 is 22.5. The van der Waals surface area contributed by atoms with Crippen molar-refractivity contribution in [3.8, 4) is 0 Å². The molecule has 0 radical (unpaired) electrons. The number of benzene rings is 1. The molecule has 1 saturated heterocycles. The topological polar surface area (TPSA) is 54.0 Å². The SMILES string of the molecule is CCOC(=O)[C@H](C)O[C@@H](c1ccccc1)[C@H]1COC(C)(C)O1. The van der Waals surface area contributed by atoms with E-state index in [1.54, 1.807) is 13.8 Å². The summed E-state index contributed by atoms with van der Waals surface area (Å²) in [5.41, 5.74) is 0.949. The van der Waals surface area contributed by atoms with Gasteiger partial charge < -0.3 is 18.9 Å². The first-order valence-corrected chi connectivity index (χ1v) is 7.62. The Kier molecular flexibility index (Phi) is 5.56. The number of carbonyl (C=O) groups excluding carboxylic acids is 1. The van der Waals surface area contributed by atoms with Crippen LogP contribution in [0.15, 0.2) is 30.3 Å². The number of esters is 1. The molecule has 1 heterocycles. The van der Waals surface area contributed by atoms with Crippen molar-refractivity contribution >= 4 is 5.97 Å². The van der Waals surface area contributed by atoms with Crippen LogP contribution in [0.5, 0.6) is 0 Å². The van der Waals surface area contributed by atoms with Crippen molar-refractivity contribution in [3.05, 3.63) is 35.9 Å².